The first-order valence-electron chi connectivity index (χ1n) is 7.90. The van der Waals surface area contributed by atoms with E-state index in [2.05, 4.69) is 15.3 Å². The van der Waals surface area contributed by atoms with Gasteiger partial charge in [0, 0.05) is 30.5 Å². The highest BCUT2D eigenvalue weighted by molar-refractivity contribution is 6.30. The Hall–Kier alpha value is -2.18. The van der Waals surface area contributed by atoms with Crippen molar-refractivity contribution in [3.63, 3.8) is 0 Å². The summed E-state index contributed by atoms with van der Waals surface area (Å²) >= 11 is 5.84. The predicted octanol–water partition coefficient (Wildman–Crippen LogP) is 1.95. The standard InChI is InChI=1S/C17H19ClN4O2/c18-13-6-4-12(5-7-13)15(23)11-21-16(24)14-3-1-10-22(14)17-19-8-2-9-20-17/h2,4-9,14-15,23H,1,3,10-11H2,(H,21,24)/t14-,15+/m0/s1. The minimum atomic E-state index is -0.769. The lowest BCUT2D eigenvalue weighted by Crippen LogP contribution is -2.45. The summed E-state index contributed by atoms with van der Waals surface area (Å²) in [4.78, 5) is 22.8. The maximum absolute atomic E-state index is 12.5. The van der Waals surface area contributed by atoms with Crippen LogP contribution in [0.3, 0.4) is 0 Å². The maximum atomic E-state index is 12.5. The van der Waals surface area contributed by atoms with Gasteiger partial charge in [-0.2, -0.15) is 0 Å². The van der Waals surface area contributed by atoms with Gasteiger partial charge in [-0.15, -0.1) is 0 Å². The summed E-state index contributed by atoms with van der Waals surface area (Å²) in [5.74, 6) is 0.446. The molecular formula is C17H19ClN4O2. The molecule has 2 heterocycles. The quantitative estimate of drug-likeness (QED) is 0.865. The third-order valence-electron chi connectivity index (χ3n) is 4.09. The first-order chi connectivity index (χ1) is 11.6. The molecule has 0 saturated carbocycles. The second-order valence-corrected chi connectivity index (χ2v) is 6.15. The van der Waals surface area contributed by atoms with E-state index in [1.165, 1.54) is 0 Å². The van der Waals surface area contributed by atoms with Crippen LogP contribution in [0.4, 0.5) is 5.95 Å². The van der Waals surface area contributed by atoms with Gasteiger partial charge >= 0.3 is 0 Å². The molecule has 6 nitrogen and oxygen atoms in total. The zero-order valence-electron chi connectivity index (χ0n) is 13.1. The molecule has 24 heavy (non-hydrogen) atoms. The van der Waals surface area contributed by atoms with E-state index in [-0.39, 0.29) is 18.5 Å². The minimum absolute atomic E-state index is 0.118. The monoisotopic (exact) mass is 346 g/mol. The number of carbonyl (C=O) groups excluding carboxylic acids is 1. The van der Waals surface area contributed by atoms with Crippen molar-refractivity contribution >= 4 is 23.5 Å². The number of aliphatic hydroxyl groups excluding tert-OH is 1. The molecule has 1 aliphatic heterocycles. The van der Waals surface area contributed by atoms with Gasteiger partial charge < -0.3 is 15.3 Å². The lowest BCUT2D eigenvalue weighted by Gasteiger charge is -2.24. The molecule has 0 aliphatic carbocycles. The Morgan fingerprint density at radius 1 is 1.33 bits per heavy atom. The molecule has 2 aromatic rings. The number of carbonyl (C=O) groups is 1. The lowest BCUT2D eigenvalue weighted by atomic mass is 10.1. The fourth-order valence-corrected chi connectivity index (χ4v) is 2.96. The van der Waals surface area contributed by atoms with Crippen molar-refractivity contribution in [3.8, 4) is 0 Å². The van der Waals surface area contributed by atoms with Crippen LogP contribution >= 0.6 is 11.6 Å². The van der Waals surface area contributed by atoms with Crippen LogP contribution in [-0.2, 0) is 4.79 Å². The van der Waals surface area contributed by atoms with Crippen molar-refractivity contribution in [1.29, 1.82) is 0 Å². The highest BCUT2D eigenvalue weighted by Gasteiger charge is 2.32. The van der Waals surface area contributed by atoms with Gasteiger partial charge in [0.1, 0.15) is 6.04 Å². The molecule has 1 aromatic heterocycles. The van der Waals surface area contributed by atoms with E-state index < -0.39 is 6.10 Å². The number of hydrogen-bond acceptors (Lipinski definition) is 5. The number of benzene rings is 1. The van der Waals surface area contributed by atoms with Gasteiger partial charge in [-0.25, -0.2) is 9.97 Å². The zero-order chi connectivity index (χ0) is 16.9. The number of nitrogens with zero attached hydrogens (tertiary/aromatic N) is 3. The molecule has 1 amide bonds. The van der Waals surface area contributed by atoms with Gasteiger partial charge in [0.05, 0.1) is 6.10 Å². The van der Waals surface area contributed by atoms with E-state index in [9.17, 15) is 9.90 Å². The van der Waals surface area contributed by atoms with Crippen LogP contribution in [0.25, 0.3) is 0 Å². The number of aliphatic hydroxyl groups is 1. The molecule has 2 atom stereocenters. The van der Waals surface area contributed by atoms with Crippen LogP contribution in [0.5, 0.6) is 0 Å². The summed E-state index contributed by atoms with van der Waals surface area (Å²) in [5, 5.41) is 13.6. The Kier molecular flexibility index (Phi) is 5.27. The fourth-order valence-electron chi connectivity index (χ4n) is 2.84. The van der Waals surface area contributed by atoms with Crippen molar-refractivity contribution in [2.24, 2.45) is 0 Å². The second-order valence-electron chi connectivity index (χ2n) is 5.71. The summed E-state index contributed by atoms with van der Waals surface area (Å²) in [6.07, 6.45) is 4.23. The summed E-state index contributed by atoms with van der Waals surface area (Å²) in [6, 6.07) is 8.38. The van der Waals surface area contributed by atoms with Gasteiger partial charge in [-0.3, -0.25) is 4.79 Å². The van der Waals surface area contributed by atoms with Crippen molar-refractivity contribution < 1.29 is 9.90 Å². The highest BCUT2D eigenvalue weighted by Crippen LogP contribution is 2.22. The van der Waals surface area contributed by atoms with Crippen molar-refractivity contribution in [1.82, 2.24) is 15.3 Å². The maximum Gasteiger partial charge on any atom is 0.242 e. The van der Waals surface area contributed by atoms with E-state index in [1.807, 2.05) is 4.90 Å². The first kappa shape index (κ1) is 16.7. The summed E-state index contributed by atoms with van der Waals surface area (Å²) < 4.78 is 0. The molecule has 126 valence electrons. The van der Waals surface area contributed by atoms with Crippen molar-refractivity contribution in [2.75, 3.05) is 18.0 Å². The topological polar surface area (TPSA) is 78.4 Å². The average Bonchev–Trinajstić information content (AvgIpc) is 3.10. The fraction of sp³-hybridized carbons (Fsp3) is 0.353. The normalized spacial score (nSPS) is 18.4. The van der Waals surface area contributed by atoms with Gasteiger partial charge in [0.2, 0.25) is 11.9 Å². The van der Waals surface area contributed by atoms with Crippen LogP contribution in [0.15, 0.2) is 42.7 Å². The van der Waals surface area contributed by atoms with Gasteiger partial charge in [0.15, 0.2) is 0 Å². The van der Waals surface area contributed by atoms with E-state index in [0.717, 1.165) is 24.9 Å². The van der Waals surface area contributed by atoms with Crippen molar-refractivity contribution in [2.45, 2.75) is 25.0 Å². The average molecular weight is 347 g/mol. The summed E-state index contributed by atoms with van der Waals surface area (Å²) in [6.45, 7) is 0.905. The van der Waals surface area contributed by atoms with E-state index >= 15 is 0 Å². The van der Waals surface area contributed by atoms with Gasteiger partial charge in [-0.1, -0.05) is 23.7 Å². The Morgan fingerprint density at radius 2 is 2.04 bits per heavy atom. The smallest absolute Gasteiger partial charge is 0.242 e. The van der Waals surface area contributed by atoms with Crippen LogP contribution in [-0.4, -0.2) is 40.1 Å². The molecule has 7 heteroatoms. The molecule has 1 fully saturated rings. The van der Waals surface area contributed by atoms with Crippen LogP contribution in [0.1, 0.15) is 24.5 Å². The Labute approximate surface area is 145 Å². The van der Waals surface area contributed by atoms with Gasteiger partial charge in [0.25, 0.3) is 0 Å². The molecule has 1 saturated heterocycles. The minimum Gasteiger partial charge on any atom is -0.387 e. The zero-order valence-corrected chi connectivity index (χ0v) is 13.9. The largest absolute Gasteiger partial charge is 0.387 e. The number of aromatic nitrogens is 2. The van der Waals surface area contributed by atoms with Gasteiger partial charge in [-0.05, 0) is 36.6 Å². The number of halogens is 1. The second kappa shape index (κ2) is 7.59. The lowest BCUT2D eigenvalue weighted by molar-refractivity contribution is -0.122. The number of hydrogen-bond donors (Lipinski definition) is 2. The number of amides is 1. The van der Waals surface area contributed by atoms with E-state index in [1.54, 1.807) is 42.7 Å². The molecule has 1 aliphatic rings. The predicted molar refractivity (Wildman–Crippen MR) is 91.8 cm³/mol. The molecule has 1 aromatic carbocycles. The van der Waals surface area contributed by atoms with Crippen LogP contribution in [0, 0.1) is 0 Å². The number of nitrogens with one attached hydrogen (secondary N) is 1. The van der Waals surface area contributed by atoms with E-state index in [4.69, 9.17) is 11.6 Å². The highest BCUT2D eigenvalue weighted by atomic mass is 35.5. The Bertz CT molecular complexity index is 681. The third-order valence-corrected chi connectivity index (χ3v) is 4.34. The first-order valence-corrected chi connectivity index (χ1v) is 8.28. The molecule has 0 radical (unpaired) electrons. The Morgan fingerprint density at radius 3 is 2.75 bits per heavy atom. The Balaban J connectivity index is 1.59. The third kappa shape index (κ3) is 3.83. The van der Waals surface area contributed by atoms with E-state index in [0.29, 0.717) is 11.0 Å². The summed E-state index contributed by atoms with van der Waals surface area (Å²) in [7, 11) is 0. The molecular weight excluding hydrogens is 328 g/mol. The van der Waals surface area contributed by atoms with Crippen LogP contribution in [0.2, 0.25) is 5.02 Å². The number of anilines is 1. The summed E-state index contributed by atoms with van der Waals surface area (Å²) in [5.41, 5.74) is 0.717. The van der Waals surface area contributed by atoms with Crippen LogP contribution < -0.4 is 10.2 Å². The molecule has 0 bridgehead atoms. The van der Waals surface area contributed by atoms with Crippen molar-refractivity contribution in [3.05, 3.63) is 53.3 Å². The number of rotatable bonds is 5. The molecule has 0 unspecified atom stereocenters. The molecule has 0 spiro atoms. The molecule has 2 N–H and O–H groups in total. The SMILES string of the molecule is O=C(NC[C@@H](O)c1ccc(Cl)cc1)[C@@H]1CCCN1c1ncccn1. The molecule has 3 rings (SSSR count).